The normalized spacial score (nSPS) is 11.6. The topological polar surface area (TPSA) is 79.8 Å². The predicted molar refractivity (Wildman–Crippen MR) is 116 cm³/mol. The summed E-state index contributed by atoms with van der Waals surface area (Å²) in [5, 5.41) is 6.48. The van der Waals surface area contributed by atoms with E-state index < -0.39 is 11.8 Å². The summed E-state index contributed by atoms with van der Waals surface area (Å²) in [7, 11) is 0. The van der Waals surface area contributed by atoms with Gasteiger partial charge in [-0.1, -0.05) is 60.7 Å². The van der Waals surface area contributed by atoms with E-state index in [9.17, 15) is 9.59 Å². The van der Waals surface area contributed by atoms with Gasteiger partial charge in [-0.3, -0.25) is 9.59 Å². The number of carbonyl (C=O) groups is 2. The van der Waals surface area contributed by atoms with Crippen molar-refractivity contribution in [1.82, 2.24) is 10.7 Å². The Morgan fingerprint density at radius 1 is 0.900 bits per heavy atom. The molecule has 0 unspecified atom stereocenters. The van der Waals surface area contributed by atoms with Gasteiger partial charge in [-0.2, -0.15) is 5.10 Å². The van der Waals surface area contributed by atoms with E-state index in [1.807, 2.05) is 91.9 Å². The van der Waals surface area contributed by atoms with Crippen LogP contribution in [0.5, 0.6) is 5.75 Å². The van der Waals surface area contributed by atoms with E-state index in [4.69, 9.17) is 4.74 Å². The van der Waals surface area contributed by atoms with Gasteiger partial charge in [-0.25, -0.2) is 5.43 Å². The number of rotatable bonds is 7. The molecule has 2 amide bonds. The lowest BCUT2D eigenvalue weighted by molar-refractivity contribution is -0.139. The van der Waals surface area contributed by atoms with Crippen LogP contribution >= 0.6 is 0 Å². The van der Waals surface area contributed by atoms with Crippen LogP contribution in [0.25, 0.3) is 0 Å². The summed E-state index contributed by atoms with van der Waals surface area (Å²) >= 11 is 0. The molecule has 0 spiro atoms. The molecule has 3 rings (SSSR count). The van der Waals surface area contributed by atoms with Crippen molar-refractivity contribution in [2.24, 2.45) is 5.10 Å². The second-order valence-corrected chi connectivity index (χ2v) is 6.65. The van der Waals surface area contributed by atoms with Gasteiger partial charge in [-0.15, -0.1) is 0 Å². The Morgan fingerprint density at radius 3 is 2.20 bits per heavy atom. The Labute approximate surface area is 175 Å². The molecular weight excluding hydrogens is 378 g/mol. The van der Waals surface area contributed by atoms with Crippen molar-refractivity contribution in [3.8, 4) is 5.75 Å². The summed E-state index contributed by atoms with van der Waals surface area (Å²) in [6.07, 6.45) is 1.47. The molecule has 0 aliphatic carbocycles. The highest BCUT2D eigenvalue weighted by Crippen LogP contribution is 2.13. The molecule has 0 aliphatic rings. The molecule has 0 saturated heterocycles. The molecule has 0 radical (unpaired) electrons. The first-order chi connectivity index (χ1) is 14.6. The van der Waals surface area contributed by atoms with Crippen molar-refractivity contribution in [2.45, 2.75) is 19.6 Å². The molecule has 0 saturated carbocycles. The maximum Gasteiger partial charge on any atom is 0.329 e. The average Bonchev–Trinajstić information content (AvgIpc) is 2.79. The van der Waals surface area contributed by atoms with E-state index in [1.54, 1.807) is 0 Å². The first-order valence-electron chi connectivity index (χ1n) is 9.57. The Balaban J connectivity index is 1.45. The third-order valence-corrected chi connectivity index (χ3v) is 4.36. The van der Waals surface area contributed by atoms with Crippen molar-refractivity contribution in [1.29, 1.82) is 0 Å². The predicted octanol–water partition coefficient (Wildman–Crippen LogP) is 3.59. The molecule has 1 atom stereocenters. The van der Waals surface area contributed by atoms with Crippen LogP contribution in [-0.2, 0) is 16.2 Å². The van der Waals surface area contributed by atoms with Gasteiger partial charge in [0, 0.05) is 0 Å². The van der Waals surface area contributed by atoms with Gasteiger partial charge in [0.1, 0.15) is 12.4 Å². The number of hydrogen-bond acceptors (Lipinski definition) is 4. The fourth-order valence-corrected chi connectivity index (χ4v) is 2.69. The molecule has 3 aromatic carbocycles. The zero-order chi connectivity index (χ0) is 21.2. The first kappa shape index (κ1) is 20.8. The lowest BCUT2D eigenvalue weighted by Crippen LogP contribution is -2.39. The third-order valence-electron chi connectivity index (χ3n) is 4.36. The number of hydrogen-bond donors (Lipinski definition) is 2. The number of nitrogens with zero attached hydrogens (tertiary/aromatic N) is 1. The van der Waals surface area contributed by atoms with Gasteiger partial charge in [0.15, 0.2) is 0 Å². The van der Waals surface area contributed by atoms with Gasteiger partial charge in [-0.05, 0) is 47.9 Å². The molecular formula is C24H23N3O3. The number of hydrazone groups is 1. The maximum absolute atomic E-state index is 12.0. The maximum atomic E-state index is 12.0. The van der Waals surface area contributed by atoms with Crippen LogP contribution in [0, 0.1) is 0 Å². The smallest absolute Gasteiger partial charge is 0.329 e. The summed E-state index contributed by atoms with van der Waals surface area (Å²) < 4.78 is 5.73. The van der Waals surface area contributed by atoms with Crippen LogP contribution in [0.15, 0.2) is 90.0 Å². The number of amides is 2. The number of benzene rings is 3. The molecule has 0 bridgehead atoms. The van der Waals surface area contributed by atoms with Crippen molar-refractivity contribution in [2.75, 3.05) is 0 Å². The highest BCUT2D eigenvalue weighted by atomic mass is 16.5. The van der Waals surface area contributed by atoms with Gasteiger partial charge in [0.2, 0.25) is 0 Å². The van der Waals surface area contributed by atoms with Crippen LogP contribution < -0.4 is 15.5 Å². The van der Waals surface area contributed by atoms with Crippen LogP contribution in [-0.4, -0.2) is 18.0 Å². The summed E-state index contributed by atoms with van der Waals surface area (Å²) in [5.74, 6) is -0.834. The second kappa shape index (κ2) is 10.6. The summed E-state index contributed by atoms with van der Waals surface area (Å²) in [6.45, 7) is 2.30. The van der Waals surface area contributed by atoms with Crippen molar-refractivity contribution < 1.29 is 14.3 Å². The van der Waals surface area contributed by atoms with Crippen molar-refractivity contribution in [3.63, 3.8) is 0 Å². The van der Waals surface area contributed by atoms with Crippen LogP contribution in [0.4, 0.5) is 0 Å². The monoisotopic (exact) mass is 401 g/mol. The molecule has 30 heavy (non-hydrogen) atoms. The Kier molecular flexibility index (Phi) is 7.33. The van der Waals surface area contributed by atoms with E-state index in [0.29, 0.717) is 6.61 Å². The zero-order valence-corrected chi connectivity index (χ0v) is 16.6. The average molecular weight is 401 g/mol. The molecule has 6 nitrogen and oxygen atoms in total. The fourth-order valence-electron chi connectivity index (χ4n) is 2.69. The quantitative estimate of drug-likeness (QED) is 0.361. The number of nitrogens with one attached hydrogen (secondary N) is 2. The zero-order valence-electron chi connectivity index (χ0n) is 16.6. The van der Waals surface area contributed by atoms with E-state index in [2.05, 4.69) is 15.8 Å². The lowest BCUT2D eigenvalue weighted by atomic mass is 10.1. The van der Waals surface area contributed by atoms with E-state index in [0.717, 1.165) is 22.4 Å². The third kappa shape index (κ3) is 6.31. The SMILES string of the molecule is C[C@@H](NC(=O)C(=O)N/N=C/c1ccc(OCc2ccccc2)cc1)c1ccccc1. The van der Waals surface area contributed by atoms with E-state index >= 15 is 0 Å². The molecule has 0 aromatic heterocycles. The summed E-state index contributed by atoms with van der Waals surface area (Å²) in [6, 6.07) is 26.3. The molecule has 152 valence electrons. The van der Waals surface area contributed by atoms with Crippen LogP contribution in [0.3, 0.4) is 0 Å². The van der Waals surface area contributed by atoms with Gasteiger partial charge < -0.3 is 10.1 Å². The van der Waals surface area contributed by atoms with Crippen molar-refractivity contribution in [3.05, 3.63) is 102 Å². The fraction of sp³-hybridized carbons (Fsp3) is 0.125. The minimum atomic E-state index is -0.822. The Morgan fingerprint density at radius 2 is 1.53 bits per heavy atom. The molecule has 2 N–H and O–H groups in total. The van der Waals surface area contributed by atoms with E-state index in [-0.39, 0.29) is 6.04 Å². The van der Waals surface area contributed by atoms with Crippen molar-refractivity contribution >= 4 is 18.0 Å². The minimum absolute atomic E-state index is 0.281. The molecule has 0 fully saturated rings. The van der Waals surface area contributed by atoms with Crippen LogP contribution in [0.2, 0.25) is 0 Å². The van der Waals surface area contributed by atoms with Gasteiger partial charge in [0.25, 0.3) is 0 Å². The lowest BCUT2D eigenvalue weighted by Gasteiger charge is -2.13. The molecule has 0 heterocycles. The molecule has 0 aliphatic heterocycles. The Bertz CT molecular complexity index is 987. The number of carbonyl (C=O) groups excluding carboxylic acids is 2. The summed E-state index contributed by atoms with van der Waals surface area (Å²) in [5.41, 5.74) is 5.00. The largest absolute Gasteiger partial charge is 0.489 e. The Hall–Kier alpha value is -3.93. The standard InChI is InChI=1S/C24H23N3O3/c1-18(21-10-6-3-7-11-21)26-23(28)24(29)27-25-16-19-12-14-22(15-13-19)30-17-20-8-4-2-5-9-20/h2-16,18H,17H2,1H3,(H,26,28)(H,27,29)/b25-16+/t18-/m1/s1. The summed E-state index contributed by atoms with van der Waals surface area (Å²) in [4.78, 5) is 23.9. The molecule has 3 aromatic rings. The van der Waals surface area contributed by atoms with E-state index in [1.165, 1.54) is 6.21 Å². The highest BCUT2D eigenvalue weighted by Gasteiger charge is 2.16. The highest BCUT2D eigenvalue weighted by molar-refractivity contribution is 6.35. The minimum Gasteiger partial charge on any atom is -0.489 e. The number of ether oxygens (including phenoxy) is 1. The van der Waals surface area contributed by atoms with Gasteiger partial charge in [0.05, 0.1) is 12.3 Å². The first-order valence-corrected chi connectivity index (χ1v) is 9.57. The van der Waals surface area contributed by atoms with Crippen LogP contribution in [0.1, 0.15) is 29.7 Å². The van der Waals surface area contributed by atoms with Gasteiger partial charge >= 0.3 is 11.8 Å². The second-order valence-electron chi connectivity index (χ2n) is 6.65. The molecule has 6 heteroatoms.